The van der Waals surface area contributed by atoms with Crippen LogP contribution >= 0.6 is 23.4 Å². The van der Waals surface area contributed by atoms with Gasteiger partial charge in [-0.05, 0) is 31.0 Å². The monoisotopic (exact) mass is 436 g/mol. The van der Waals surface area contributed by atoms with Gasteiger partial charge in [0.05, 0.1) is 10.7 Å². The molecule has 3 fully saturated rings. The highest BCUT2D eigenvalue weighted by molar-refractivity contribution is 7.99. The molecule has 1 aromatic carbocycles. The Balaban J connectivity index is 1.32. The van der Waals surface area contributed by atoms with Crippen molar-refractivity contribution in [2.24, 2.45) is 0 Å². The summed E-state index contributed by atoms with van der Waals surface area (Å²) in [6.45, 7) is 2.00. The Morgan fingerprint density at radius 3 is 2.62 bits per heavy atom. The average Bonchev–Trinajstić information content (AvgIpc) is 3.26. The van der Waals surface area contributed by atoms with E-state index in [9.17, 15) is 14.4 Å². The number of hydrogen-bond donors (Lipinski definition) is 2. The quantitative estimate of drug-likeness (QED) is 0.693. The van der Waals surface area contributed by atoms with Crippen LogP contribution in [0.3, 0.4) is 0 Å². The Hall–Kier alpha value is -1.93. The smallest absolute Gasteiger partial charge is 0.325 e. The molecule has 7 nitrogen and oxygen atoms in total. The highest BCUT2D eigenvalue weighted by atomic mass is 35.5. The van der Waals surface area contributed by atoms with Crippen LogP contribution in [0.2, 0.25) is 5.02 Å². The number of benzene rings is 1. The van der Waals surface area contributed by atoms with Crippen molar-refractivity contribution in [2.45, 2.75) is 37.6 Å². The molecular formula is C20H25ClN4O3S. The minimum Gasteiger partial charge on any atom is -0.369 e. The second-order valence-electron chi connectivity index (χ2n) is 7.74. The lowest BCUT2D eigenvalue weighted by Crippen LogP contribution is -2.44. The predicted octanol–water partition coefficient (Wildman–Crippen LogP) is 3.09. The molecule has 2 saturated heterocycles. The largest absolute Gasteiger partial charge is 0.369 e. The van der Waals surface area contributed by atoms with Gasteiger partial charge in [0.25, 0.3) is 5.91 Å². The van der Waals surface area contributed by atoms with Crippen molar-refractivity contribution in [3.63, 3.8) is 0 Å². The topological polar surface area (TPSA) is 81.8 Å². The summed E-state index contributed by atoms with van der Waals surface area (Å²) in [5.41, 5.74) is 0.856. The number of halogens is 1. The SMILES string of the molecule is O=C(CCN1C(=O)NC2(CCCC2)C1=O)Nc1ccc(N2CCSCC2)c(Cl)c1. The molecule has 2 N–H and O–H groups in total. The minimum atomic E-state index is -0.732. The Morgan fingerprint density at radius 1 is 1.21 bits per heavy atom. The summed E-state index contributed by atoms with van der Waals surface area (Å²) in [7, 11) is 0. The molecule has 0 aromatic heterocycles. The molecule has 4 rings (SSSR count). The molecule has 0 bridgehead atoms. The molecule has 0 unspecified atom stereocenters. The fourth-order valence-electron chi connectivity index (χ4n) is 4.28. The molecule has 29 heavy (non-hydrogen) atoms. The van der Waals surface area contributed by atoms with Crippen LogP contribution in [-0.2, 0) is 9.59 Å². The molecule has 156 valence electrons. The Bertz CT molecular complexity index is 822. The number of carbonyl (C=O) groups excluding carboxylic acids is 3. The van der Waals surface area contributed by atoms with Crippen LogP contribution in [0.4, 0.5) is 16.2 Å². The van der Waals surface area contributed by atoms with Crippen LogP contribution in [0.15, 0.2) is 18.2 Å². The lowest BCUT2D eigenvalue weighted by molar-refractivity contribution is -0.131. The Labute approximate surface area is 179 Å². The van der Waals surface area contributed by atoms with Crippen LogP contribution in [-0.4, -0.2) is 59.4 Å². The van der Waals surface area contributed by atoms with Crippen molar-refractivity contribution < 1.29 is 14.4 Å². The van der Waals surface area contributed by atoms with E-state index in [4.69, 9.17) is 11.6 Å². The number of nitrogens with one attached hydrogen (secondary N) is 2. The van der Waals surface area contributed by atoms with Crippen LogP contribution in [0.25, 0.3) is 0 Å². The molecule has 1 spiro atoms. The zero-order valence-electron chi connectivity index (χ0n) is 16.2. The Morgan fingerprint density at radius 2 is 1.93 bits per heavy atom. The summed E-state index contributed by atoms with van der Waals surface area (Å²) in [6.07, 6.45) is 3.29. The van der Waals surface area contributed by atoms with Crippen molar-refractivity contribution in [3.05, 3.63) is 23.2 Å². The maximum Gasteiger partial charge on any atom is 0.325 e. The number of anilines is 2. The molecular weight excluding hydrogens is 412 g/mol. The number of carbonyl (C=O) groups is 3. The maximum atomic E-state index is 12.6. The predicted molar refractivity (Wildman–Crippen MR) is 116 cm³/mol. The lowest BCUT2D eigenvalue weighted by Gasteiger charge is -2.29. The van der Waals surface area contributed by atoms with E-state index in [1.54, 1.807) is 6.07 Å². The number of amides is 4. The first-order valence-electron chi connectivity index (χ1n) is 10.0. The van der Waals surface area contributed by atoms with Gasteiger partial charge in [-0.1, -0.05) is 24.4 Å². The van der Waals surface area contributed by atoms with Crippen LogP contribution < -0.4 is 15.5 Å². The van der Waals surface area contributed by atoms with E-state index in [0.29, 0.717) is 23.6 Å². The van der Waals surface area contributed by atoms with Gasteiger partial charge < -0.3 is 15.5 Å². The van der Waals surface area contributed by atoms with Crippen LogP contribution in [0.1, 0.15) is 32.1 Å². The van der Waals surface area contributed by atoms with Gasteiger partial charge in [0.15, 0.2) is 0 Å². The summed E-state index contributed by atoms with van der Waals surface area (Å²) >= 11 is 8.36. The van der Waals surface area contributed by atoms with Crippen molar-refractivity contribution in [2.75, 3.05) is 41.4 Å². The van der Waals surface area contributed by atoms with Crippen molar-refractivity contribution in [3.8, 4) is 0 Å². The van der Waals surface area contributed by atoms with Gasteiger partial charge in [-0.25, -0.2) is 4.79 Å². The third-order valence-electron chi connectivity index (χ3n) is 5.85. The molecule has 0 atom stereocenters. The first-order chi connectivity index (χ1) is 14.0. The van der Waals surface area contributed by atoms with E-state index in [-0.39, 0.29) is 24.8 Å². The van der Waals surface area contributed by atoms with Gasteiger partial charge in [-0.15, -0.1) is 0 Å². The van der Waals surface area contributed by atoms with Gasteiger partial charge in [0.1, 0.15) is 5.54 Å². The second kappa shape index (κ2) is 8.44. The van der Waals surface area contributed by atoms with E-state index in [1.807, 2.05) is 23.9 Å². The molecule has 1 saturated carbocycles. The van der Waals surface area contributed by atoms with Gasteiger partial charge in [0.2, 0.25) is 5.91 Å². The minimum absolute atomic E-state index is 0.0535. The Kier molecular flexibility index (Phi) is 5.92. The summed E-state index contributed by atoms with van der Waals surface area (Å²) < 4.78 is 0. The van der Waals surface area contributed by atoms with Gasteiger partial charge in [0, 0.05) is 43.2 Å². The summed E-state index contributed by atoms with van der Waals surface area (Å²) in [6, 6.07) is 5.12. The van der Waals surface area contributed by atoms with Crippen molar-refractivity contribution in [1.82, 2.24) is 10.2 Å². The summed E-state index contributed by atoms with van der Waals surface area (Å²) in [5.74, 6) is 1.72. The number of thioether (sulfide) groups is 1. The fourth-order valence-corrected chi connectivity index (χ4v) is 5.48. The zero-order valence-corrected chi connectivity index (χ0v) is 17.8. The molecule has 4 amide bonds. The number of imide groups is 1. The van der Waals surface area contributed by atoms with Crippen molar-refractivity contribution in [1.29, 1.82) is 0 Å². The van der Waals surface area contributed by atoms with Crippen LogP contribution in [0, 0.1) is 0 Å². The molecule has 0 radical (unpaired) electrons. The normalized spacial score (nSPS) is 21.0. The molecule has 2 aliphatic heterocycles. The number of hydrogen-bond acceptors (Lipinski definition) is 5. The van der Waals surface area contributed by atoms with Crippen molar-refractivity contribution >= 4 is 52.6 Å². The molecule has 1 aliphatic carbocycles. The molecule has 2 heterocycles. The lowest BCUT2D eigenvalue weighted by atomic mass is 9.98. The van der Waals surface area contributed by atoms with E-state index in [2.05, 4.69) is 15.5 Å². The first kappa shape index (κ1) is 20.3. The van der Waals surface area contributed by atoms with Gasteiger partial charge in [-0.3, -0.25) is 14.5 Å². The third-order valence-corrected chi connectivity index (χ3v) is 7.09. The van der Waals surface area contributed by atoms with Crippen LogP contribution in [0.5, 0.6) is 0 Å². The maximum absolute atomic E-state index is 12.6. The number of nitrogens with zero attached hydrogens (tertiary/aromatic N) is 2. The fraction of sp³-hybridized carbons (Fsp3) is 0.550. The first-order valence-corrected chi connectivity index (χ1v) is 11.6. The summed E-state index contributed by atoms with van der Waals surface area (Å²) in [4.78, 5) is 40.6. The number of urea groups is 1. The van der Waals surface area contributed by atoms with E-state index < -0.39 is 11.6 Å². The zero-order chi connectivity index (χ0) is 20.4. The van der Waals surface area contributed by atoms with E-state index in [1.165, 1.54) is 4.90 Å². The van der Waals surface area contributed by atoms with Gasteiger partial charge >= 0.3 is 6.03 Å². The van der Waals surface area contributed by atoms with Gasteiger partial charge in [-0.2, -0.15) is 11.8 Å². The molecule has 3 aliphatic rings. The van der Waals surface area contributed by atoms with E-state index >= 15 is 0 Å². The number of rotatable bonds is 5. The van der Waals surface area contributed by atoms with E-state index in [0.717, 1.165) is 43.1 Å². The second-order valence-corrected chi connectivity index (χ2v) is 9.37. The highest BCUT2D eigenvalue weighted by Crippen LogP contribution is 2.35. The standard InChI is InChI=1S/C20H25ClN4O3S/c21-15-13-14(3-4-16(15)24-9-11-29-12-10-24)22-17(26)5-8-25-18(27)20(23-19(25)28)6-1-2-7-20/h3-4,13H,1-2,5-12H2,(H,22,26)(H,23,28). The molecule has 9 heteroatoms. The summed E-state index contributed by atoms with van der Waals surface area (Å²) in [5, 5.41) is 6.25. The third kappa shape index (κ3) is 4.19. The average molecular weight is 437 g/mol. The molecule has 1 aromatic rings. The highest BCUT2D eigenvalue weighted by Gasteiger charge is 2.52.